The summed E-state index contributed by atoms with van der Waals surface area (Å²) >= 11 is 6.67. The molecule has 0 aliphatic rings. The number of carbonyl (C=O) groups is 1. The van der Waals surface area contributed by atoms with E-state index in [1.54, 1.807) is 18.2 Å². The van der Waals surface area contributed by atoms with E-state index in [-0.39, 0.29) is 27.1 Å². The average molecular weight is 750 g/mol. The van der Waals surface area contributed by atoms with Gasteiger partial charge in [-0.1, -0.05) is 50.4 Å². The minimum atomic E-state index is -4.41. The molecule has 0 radical (unpaired) electrons. The highest BCUT2D eigenvalue weighted by Gasteiger charge is 2.36. The van der Waals surface area contributed by atoms with Crippen molar-refractivity contribution in [1.29, 1.82) is 0 Å². The minimum Gasteiger partial charge on any atom is -0.497 e. The van der Waals surface area contributed by atoms with Gasteiger partial charge in [-0.3, -0.25) is 4.79 Å². The molecule has 1 amide bonds. The Morgan fingerprint density at radius 2 is 1.65 bits per heavy atom. The number of halogens is 3. The van der Waals surface area contributed by atoms with E-state index in [2.05, 4.69) is 15.4 Å². The van der Waals surface area contributed by atoms with E-state index in [0.717, 1.165) is 29.0 Å². The van der Waals surface area contributed by atoms with Crippen LogP contribution in [0, 0.1) is 11.6 Å². The van der Waals surface area contributed by atoms with Gasteiger partial charge in [0.15, 0.2) is 9.84 Å². The SMILES string of the molecule is CCCC(CCC)S(=O)(=O)C[C@H](NS(=O)(=O)c1ccc(Cl)s1)C(=O)N[C@@H](Cc1cc(F)cc(F)c1)[C@H](O)CNCc1cccc(OC)c1. The molecule has 16 heteroatoms. The third-order valence-corrected chi connectivity index (χ3v) is 13.0. The fraction of sp³-hybridized carbons (Fsp3) is 0.469. The third-order valence-electron chi connectivity index (χ3n) is 7.54. The van der Waals surface area contributed by atoms with Crippen LogP contribution in [0.4, 0.5) is 8.78 Å². The molecule has 4 N–H and O–H groups in total. The molecule has 1 aromatic heterocycles. The number of rotatable bonds is 20. The van der Waals surface area contributed by atoms with Crippen LogP contribution in [0.1, 0.15) is 50.7 Å². The highest BCUT2D eigenvalue weighted by atomic mass is 35.5. The first-order valence-electron chi connectivity index (χ1n) is 15.4. The van der Waals surface area contributed by atoms with E-state index in [1.807, 2.05) is 19.9 Å². The number of hydrogen-bond acceptors (Lipinski definition) is 9. The second-order valence-electron chi connectivity index (χ2n) is 11.4. The predicted octanol–water partition coefficient (Wildman–Crippen LogP) is 4.60. The zero-order chi connectivity index (χ0) is 35.5. The van der Waals surface area contributed by atoms with Gasteiger partial charge in [-0.15, -0.1) is 11.3 Å². The van der Waals surface area contributed by atoms with Crippen LogP contribution in [0.3, 0.4) is 0 Å². The summed E-state index contributed by atoms with van der Waals surface area (Å²) in [5.74, 6) is -3.01. The van der Waals surface area contributed by atoms with Crippen molar-refractivity contribution >= 4 is 48.7 Å². The van der Waals surface area contributed by atoms with Crippen LogP contribution in [0.5, 0.6) is 5.75 Å². The van der Waals surface area contributed by atoms with E-state index < -0.39 is 66.6 Å². The lowest BCUT2D eigenvalue weighted by Gasteiger charge is -2.28. The molecule has 0 fully saturated rings. The molecule has 0 spiro atoms. The molecule has 0 saturated heterocycles. The van der Waals surface area contributed by atoms with Gasteiger partial charge in [0, 0.05) is 19.2 Å². The van der Waals surface area contributed by atoms with Crippen molar-refractivity contribution < 1.29 is 40.3 Å². The summed E-state index contributed by atoms with van der Waals surface area (Å²) in [5, 5.41) is 16.1. The number of nitrogens with one attached hydrogen (secondary N) is 3. The Kier molecular flexibility index (Phi) is 15.2. The molecule has 0 bridgehead atoms. The Morgan fingerprint density at radius 1 is 0.979 bits per heavy atom. The average Bonchev–Trinajstić information content (AvgIpc) is 3.47. The maximum absolute atomic E-state index is 14.1. The Bertz CT molecular complexity index is 1700. The standard InChI is InChI=1S/C32H42ClF2N3O7S3/c1-4-7-26(8-5-2)47(41,42)20-28(38-48(43,44)31-12-11-30(33)46-31)32(40)37-27(16-22-13-23(34)17-24(35)14-22)29(39)19-36-18-21-9-6-10-25(15-21)45-3/h6,9-15,17,26-29,36,38-39H,4-5,7-8,16,18-20H2,1-3H3,(H,37,40)/t27-,28-,29+/m0/s1. The molecular weight excluding hydrogens is 708 g/mol. The second kappa shape index (κ2) is 18.4. The highest BCUT2D eigenvalue weighted by molar-refractivity contribution is 7.92. The molecule has 0 saturated carbocycles. The van der Waals surface area contributed by atoms with E-state index in [4.69, 9.17) is 16.3 Å². The number of amides is 1. The quantitative estimate of drug-likeness (QED) is 0.131. The normalized spacial score (nSPS) is 14.1. The van der Waals surface area contributed by atoms with Crippen LogP contribution in [-0.4, -0.2) is 70.7 Å². The van der Waals surface area contributed by atoms with Crippen LogP contribution in [0.25, 0.3) is 0 Å². The molecule has 0 unspecified atom stereocenters. The maximum atomic E-state index is 14.1. The Hall–Kier alpha value is -2.66. The number of benzene rings is 2. The summed E-state index contributed by atoms with van der Waals surface area (Å²) in [6.45, 7) is 3.85. The van der Waals surface area contributed by atoms with E-state index >= 15 is 0 Å². The molecule has 266 valence electrons. The van der Waals surface area contributed by atoms with Gasteiger partial charge in [0.25, 0.3) is 10.0 Å². The van der Waals surface area contributed by atoms with Crippen LogP contribution < -0.4 is 20.1 Å². The first-order chi connectivity index (χ1) is 22.7. The van der Waals surface area contributed by atoms with Crippen molar-refractivity contribution in [2.24, 2.45) is 0 Å². The number of carbonyl (C=O) groups excluding carboxylic acids is 1. The van der Waals surface area contributed by atoms with Crippen molar-refractivity contribution in [3.05, 3.63) is 81.7 Å². The van der Waals surface area contributed by atoms with Crippen LogP contribution >= 0.6 is 22.9 Å². The molecule has 1 heterocycles. The van der Waals surface area contributed by atoms with Crippen LogP contribution in [0.2, 0.25) is 4.34 Å². The van der Waals surface area contributed by atoms with Gasteiger partial charge in [0.1, 0.15) is 27.6 Å². The van der Waals surface area contributed by atoms with Gasteiger partial charge >= 0.3 is 0 Å². The molecule has 2 aromatic carbocycles. The summed E-state index contributed by atoms with van der Waals surface area (Å²) in [4.78, 5) is 13.9. The number of thiophene rings is 1. The lowest BCUT2D eigenvalue weighted by atomic mass is 10.00. The first kappa shape index (κ1) is 39.8. The maximum Gasteiger partial charge on any atom is 0.250 e. The molecule has 3 atom stereocenters. The topological polar surface area (TPSA) is 151 Å². The third kappa shape index (κ3) is 12.0. The minimum absolute atomic E-state index is 0.0998. The van der Waals surface area contributed by atoms with E-state index in [1.165, 1.54) is 19.2 Å². The smallest absolute Gasteiger partial charge is 0.250 e. The Morgan fingerprint density at radius 3 is 2.23 bits per heavy atom. The fourth-order valence-electron chi connectivity index (χ4n) is 5.20. The second-order valence-corrected chi connectivity index (χ2v) is 17.4. The van der Waals surface area contributed by atoms with E-state index in [0.29, 0.717) is 44.0 Å². The molecule has 48 heavy (non-hydrogen) atoms. The van der Waals surface area contributed by atoms with Gasteiger partial charge < -0.3 is 20.5 Å². The van der Waals surface area contributed by atoms with Crippen LogP contribution in [0.15, 0.2) is 58.8 Å². The summed E-state index contributed by atoms with van der Waals surface area (Å²) < 4.78 is 89.3. The fourth-order valence-corrected chi connectivity index (χ4v) is 10.2. The molecular formula is C32H42ClF2N3O7S3. The number of ether oxygens (including phenoxy) is 1. The van der Waals surface area contributed by atoms with E-state index in [9.17, 15) is 35.5 Å². The van der Waals surface area contributed by atoms with Gasteiger partial charge in [-0.05, 0) is 66.8 Å². The lowest BCUT2D eigenvalue weighted by Crippen LogP contribution is -2.56. The zero-order valence-electron chi connectivity index (χ0n) is 26.9. The number of methoxy groups -OCH3 is 1. The predicted molar refractivity (Wildman–Crippen MR) is 184 cm³/mol. The van der Waals surface area contributed by atoms with Crippen molar-refractivity contribution in [1.82, 2.24) is 15.4 Å². The van der Waals surface area contributed by atoms with Gasteiger partial charge in [0.05, 0.1) is 34.6 Å². The summed E-state index contributed by atoms with van der Waals surface area (Å²) in [7, 11) is -6.89. The van der Waals surface area contributed by atoms with Gasteiger partial charge in [-0.25, -0.2) is 25.6 Å². The van der Waals surface area contributed by atoms with Gasteiger partial charge in [0.2, 0.25) is 5.91 Å². The number of aliphatic hydroxyl groups excluding tert-OH is 1. The lowest BCUT2D eigenvalue weighted by molar-refractivity contribution is -0.123. The first-order valence-corrected chi connectivity index (χ1v) is 19.8. The largest absolute Gasteiger partial charge is 0.497 e. The summed E-state index contributed by atoms with van der Waals surface area (Å²) in [5.41, 5.74) is 0.935. The van der Waals surface area contributed by atoms with Crippen molar-refractivity contribution in [2.45, 2.75) is 80.1 Å². The van der Waals surface area contributed by atoms with Gasteiger partial charge in [-0.2, -0.15) is 4.72 Å². The zero-order valence-corrected chi connectivity index (χ0v) is 30.1. The highest BCUT2D eigenvalue weighted by Crippen LogP contribution is 2.26. The molecule has 0 aliphatic heterocycles. The molecule has 0 aliphatic carbocycles. The number of hydrogen-bond donors (Lipinski definition) is 4. The molecule has 3 rings (SSSR count). The number of aliphatic hydroxyl groups is 1. The molecule has 10 nitrogen and oxygen atoms in total. The monoisotopic (exact) mass is 749 g/mol. The van der Waals surface area contributed by atoms with Crippen molar-refractivity contribution in [2.75, 3.05) is 19.4 Å². The van der Waals surface area contributed by atoms with Crippen molar-refractivity contribution in [3.63, 3.8) is 0 Å². The Labute approximate surface area is 290 Å². The molecule has 3 aromatic rings. The van der Waals surface area contributed by atoms with Crippen LogP contribution in [-0.2, 0) is 37.6 Å². The Balaban J connectivity index is 1.92. The number of sulfonamides is 1. The number of sulfone groups is 1. The summed E-state index contributed by atoms with van der Waals surface area (Å²) in [6.07, 6.45) is 0.141. The van der Waals surface area contributed by atoms with Crippen molar-refractivity contribution in [3.8, 4) is 5.75 Å². The summed E-state index contributed by atoms with van der Waals surface area (Å²) in [6, 6.07) is 9.52.